The van der Waals surface area contributed by atoms with Crippen LogP contribution in [0.1, 0.15) is 31.7 Å². The molecule has 0 atom stereocenters. The van der Waals surface area contributed by atoms with E-state index in [9.17, 15) is 4.79 Å². The molecule has 0 radical (unpaired) electrons. The molecule has 1 N–H and O–H groups in total. The van der Waals surface area contributed by atoms with Crippen LogP contribution in [0.5, 0.6) is 0 Å². The Labute approximate surface area is 105 Å². The summed E-state index contributed by atoms with van der Waals surface area (Å²) in [5.41, 5.74) is 0.0493. The SMILES string of the molecule is O=c1c(NC2CCSCC2)nccn1C1CC1. The smallest absolute Gasteiger partial charge is 0.293 e. The van der Waals surface area contributed by atoms with E-state index in [1.807, 2.05) is 22.5 Å². The molecule has 92 valence electrons. The van der Waals surface area contributed by atoms with Gasteiger partial charge in [-0.25, -0.2) is 4.98 Å². The quantitative estimate of drug-likeness (QED) is 0.891. The third-order valence-electron chi connectivity index (χ3n) is 3.37. The van der Waals surface area contributed by atoms with E-state index in [0.717, 1.165) is 25.7 Å². The highest BCUT2D eigenvalue weighted by molar-refractivity contribution is 7.99. The Balaban J connectivity index is 1.77. The highest BCUT2D eigenvalue weighted by Crippen LogP contribution is 2.33. The lowest BCUT2D eigenvalue weighted by Crippen LogP contribution is -2.31. The minimum absolute atomic E-state index is 0.0493. The van der Waals surface area contributed by atoms with Crippen molar-refractivity contribution >= 4 is 17.6 Å². The molecule has 2 fully saturated rings. The van der Waals surface area contributed by atoms with E-state index in [2.05, 4.69) is 10.3 Å². The third kappa shape index (κ3) is 2.49. The van der Waals surface area contributed by atoms with Crippen LogP contribution >= 0.6 is 11.8 Å². The summed E-state index contributed by atoms with van der Waals surface area (Å²) in [7, 11) is 0. The van der Waals surface area contributed by atoms with Crippen molar-refractivity contribution in [2.45, 2.75) is 37.8 Å². The molecule has 0 bridgehead atoms. The minimum atomic E-state index is 0.0493. The molecule has 0 unspecified atom stereocenters. The molecule has 0 aromatic carbocycles. The first kappa shape index (κ1) is 11.1. The molecule has 5 heteroatoms. The van der Waals surface area contributed by atoms with Crippen molar-refractivity contribution in [3.63, 3.8) is 0 Å². The standard InChI is InChI=1S/C12H17N3OS/c16-12-11(14-9-3-7-17-8-4-9)13-5-6-15(12)10-1-2-10/h5-6,9-10H,1-4,7-8H2,(H,13,14). The Morgan fingerprint density at radius 1 is 1.29 bits per heavy atom. The Hall–Kier alpha value is -0.970. The molecule has 17 heavy (non-hydrogen) atoms. The molecule has 1 saturated carbocycles. The second kappa shape index (κ2) is 4.72. The van der Waals surface area contributed by atoms with Gasteiger partial charge in [0.25, 0.3) is 5.56 Å². The van der Waals surface area contributed by atoms with Gasteiger partial charge in [-0.2, -0.15) is 11.8 Å². The van der Waals surface area contributed by atoms with Gasteiger partial charge in [0.2, 0.25) is 0 Å². The molecule has 2 heterocycles. The average Bonchev–Trinajstić information content (AvgIpc) is 3.17. The lowest BCUT2D eigenvalue weighted by Gasteiger charge is -2.22. The monoisotopic (exact) mass is 251 g/mol. The van der Waals surface area contributed by atoms with Gasteiger partial charge in [0.15, 0.2) is 5.82 Å². The summed E-state index contributed by atoms with van der Waals surface area (Å²) >= 11 is 1.99. The van der Waals surface area contributed by atoms with E-state index in [1.54, 1.807) is 6.20 Å². The van der Waals surface area contributed by atoms with Crippen LogP contribution in [-0.4, -0.2) is 27.1 Å². The predicted octanol–water partition coefficient (Wildman–Crippen LogP) is 1.89. The Kier molecular flexibility index (Phi) is 3.09. The molecular formula is C12H17N3OS. The maximum absolute atomic E-state index is 12.2. The fourth-order valence-corrected chi connectivity index (χ4v) is 3.31. The van der Waals surface area contributed by atoms with Crippen LogP contribution in [0.15, 0.2) is 17.2 Å². The second-order valence-electron chi connectivity index (χ2n) is 4.75. The molecule has 1 saturated heterocycles. The van der Waals surface area contributed by atoms with Gasteiger partial charge in [0.05, 0.1) is 0 Å². The van der Waals surface area contributed by atoms with Gasteiger partial charge in [-0.1, -0.05) is 0 Å². The fourth-order valence-electron chi connectivity index (χ4n) is 2.20. The Bertz CT molecular complexity index is 449. The average molecular weight is 251 g/mol. The summed E-state index contributed by atoms with van der Waals surface area (Å²) in [5, 5.41) is 3.31. The second-order valence-corrected chi connectivity index (χ2v) is 5.98. The summed E-state index contributed by atoms with van der Waals surface area (Å²) in [6.07, 6.45) is 8.06. The van der Waals surface area contributed by atoms with Crippen molar-refractivity contribution in [3.8, 4) is 0 Å². The number of nitrogens with zero attached hydrogens (tertiary/aromatic N) is 2. The van der Waals surface area contributed by atoms with E-state index in [4.69, 9.17) is 0 Å². The van der Waals surface area contributed by atoms with Gasteiger partial charge in [-0.15, -0.1) is 0 Å². The zero-order chi connectivity index (χ0) is 11.7. The third-order valence-corrected chi connectivity index (χ3v) is 4.42. The molecule has 4 nitrogen and oxygen atoms in total. The zero-order valence-electron chi connectivity index (χ0n) is 9.76. The van der Waals surface area contributed by atoms with Crippen LogP contribution < -0.4 is 10.9 Å². The Morgan fingerprint density at radius 3 is 2.76 bits per heavy atom. The first-order valence-electron chi connectivity index (χ1n) is 6.26. The van der Waals surface area contributed by atoms with Gasteiger partial charge >= 0.3 is 0 Å². The van der Waals surface area contributed by atoms with E-state index in [1.165, 1.54) is 11.5 Å². The summed E-state index contributed by atoms with van der Waals surface area (Å²) in [6, 6.07) is 0.847. The molecular weight excluding hydrogens is 234 g/mol. The van der Waals surface area contributed by atoms with E-state index in [0.29, 0.717) is 17.9 Å². The lowest BCUT2D eigenvalue weighted by atomic mass is 10.1. The summed E-state index contributed by atoms with van der Waals surface area (Å²) in [5.74, 6) is 2.90. The first-order chi connectivity index (χ1) is 8.34. The van der Waals surface area contributed by atoms with Crippen LogP contribution in [0.4, 0.5) is 5.82 Å². The number of nitrogens with one attached hydrogen (secondary N) is 1. The van der Waals surface area contributed by atoms with Crippen molar-refractivity contribution in [1.82, 2.24) is 9.55 Å². The topological polar surface area (TPSA) is 46.9 Å². The minimum Gasteiger partial charge on any atom is -0.363 e. The van der Waals surface area contributed by atoms with Gasteiger partial charge in [-0.05, 0) is 37.2 Å². The number of aromatic nitrogens is 2. The highest BCUT2D eigenvalue weighted by Gasteiger charge is 2.25. The molecule has 1 aromatic rings. The molecule has 3 rings (SSSR count). The number of anilines is 1. The molecule has 1 aliphatic heterocycles. The first-order valence-corrected chi connectivity index (χ1v) is 7.41. The molecule has 0 spiro atoms. The van der Waals surface area contributed by atoms with Crippen LogP contribution in [0.2, 0.25) is 0 Å². The fraction of sp³-hybridized carbons (Fsp3) is 0.667. The van der Waals surface area contributed by atoms with Crippen LogP contribution in [0.25, 0.3) is 0 Å². The van der Waals surface area contributed by atoms with Crippen molar-refractivity contribution < 1.29 is 0 Å². The highest BCUT2D eigenvalue weighted by atomic mass is 32.2. The predicted molar refractivity (Wildman–Crippen MR) is 70.7 cm³/mol. The van der Waals surface area contributed by atoms with Crippen molar-refractivity contribution in [1.29, 1.82) is 0 Å². The zero-order valence-corrected chi connectivity index (χ0v) is 10.6. The van der Waals surface area contributed by atoms with Gasteiger partial charge in [0, 0.05) is 24.5 Å². The van der Waals surface area contributed by atoms with Gasteiger partial charge in [0.1, 0.15) is 0 Å². The molecule has 2 aliphatic rings. The molecule has 1 aliphatic carbocycles. The number of rotatable bonds is 3. The van der Waals surface area contributed by atoms with E-state index in [-0.39, 0.29) is 5.56 Å². The largest absolute Gasteiger partial charge is 0.363 e. The molecule has 0 amide bonds. The maximum atomic E-state index is 12.2. The van der Waals surface area contributed by atoms with Crippen molar-refractivity contribution in [2.75, 3.05) is 16.8 Å². The number of hydrogen-bond acceptors (Lipinski definition) is 4. The number of hydrogen-bond donors (Lipinski definition) is 1. The van der Waals surface area contributed by atoms with E-state index < -0.39 is 0 Å². The number of thioether (sulfide) groups is 1. The van der Waals surface area contributed by atoms with Crippen molar-refractivity contribution in [3.05, 3.63) is 22.7 Å². The summed E-state index contributed by atoms with van der Waals surface area (Å²) in [6.45, 7) is 0. The van der Waals surface area contributed by atoms with Crippen LogP contribution in [-0.2, 0) is 0 Å². The summed E-state index contributed by atoms with van der Waals surface area (Å²) in [4.78, 5) is 16.3. The summed E-state index contributed by atoms with van der Waals surface area (Å²) < 4.78 is 1.83. The van der Waals surface area contributed by atoms with Gasteiger partial charge < -0.3 is 9.88 Å². The molecule has 1 aromatic heterocycles. The van der Waals surface area contributed by atoms with Crippen molar-refractivity contribution in [2.24, 2.45) is 0 Å². The lowest BCUT2D eigenvalue weighted by molar-refractivity contribution is 0.650. The van der Waals surface area contributed by atoms with Crippen LogP contribution in [0.3, 0.4) is 0 Å². The maximum Gasteiger partial charge on any atom is 0.293 e. The normalized spacial score (nSPS) is 21.4. The Morgan fingerprint density at radius 2 is 2.06 bits per heavy atom. The van der Waals surface area contributed by atoms with Crippen LogP contribution in [0, 0.1) is 0 Å². The van der Waals surface area contributed by atoms with Gasteiger partial charge in [-0.3, -0.25) is 4.79 Å². The van der Waals surface area contributed by atoms with E-state index >= 15 is 0 Å².